The second-order valence-corrected chi connectivity index (χ2v) is 4.77. The van der Waals surface area contributed by atoms with Gasteiger partial charge in [-0.05, 0) is 37.1 Å². The molecular formula is C15H11F2N3. The van der Waals surface area contributed by atoms with Crippen LogP contribution in [0.5, 0.6) is 0 Å². The zero-order valence-electron chi connectivity index (χ0n) is 10.5. The van der Waals surface area contributed by atoms with E-state index in [-0.39, 0.29) is 0 Å². The van der Waals surface area contributed by atoms with Crippen molar-refractivity contribution in [2.24, 2.45) is 0 Å². The highest BCUT2D eigenvalue weighted by Crippen LogP contribution is 2.39. The van der Waals surface area contributed by atoms with Gasteiger partial charge in [0, 0.05) is 23.4 Å². The molecule has 1 aromatic carbocycles. The lowest BCUT2D eigenvalue weighted by atomic mass is 10.2. The van der Waals surface area contributed by atoms with Crippen LogP contribution in [0, 0.1) is 23.0 Å². The SMILES string of the molecule is N#Cc1ccc(C2CC2)nc1Nc1ccc(F)c(F)c1. The van der Waals surface area contributed by atoms with Gasteiger partial charge in [-0.3, -0.25) is 0 Å². The Labute approximate surface area is 114 Å². The summed E-state index contributed by atoms with van der Waals surface area (Å²) < 4.78 is 26.1. The van der Waals surface area contributed by atoms with E-state index >= 15 is 0 Å². The van der Waals surface area contributed by atoms with Crippen molar-refractivity contribution in [2.75, 3.05) is 5.32 Å². The fourth-order valence-corrected chi connectivity index (χ4v) is 1.98. The largest absolute Gasteiger partial charge is 0.339 e. The Bertz CT molecular complexity index is 703. The van der Waals surface area contributed by atoms with Crippen molar-refractivity contribution in [3.05, 3.63) is 53.2 Å². The molecule has 0 unspecified atom stereocenters. The predicted molar refractivity (Wildman–Crippen MR) is 70.6 cm³/mol. The molecule has 0 saturated heterocycles. The lowest BCUT2D eigenvalue weighted by Crippen LogP contribution is -2.00. The molecule has 0 bridgehead atoms. The lowest BCUT2D eigenvalue weighted by Gasteiger charge is -2.09. The first-order chi connectivity index (χ1) is 9.67. The molecule has 1 saturated carbocycles. The van der Waals surface area contributed by atoms with Gasteiger partial charge in [-0.1, -0.05) is 0 Å². The van der Waals surface area contributed by atoms with Crippen LogP contribution in [0.1, 0.15) is 30.0 Å². The van der Waals surface area contributed by atoms with Crippen LogP contribution in [0.2, 0.25) is 0 Å². The minimum Gasteiger partial charge on any atom is -0.339 e. The first-order valence-electron chi connectivity index (χ1n) is 6.30. The quantitative estimate of drug-likeness (QED) is 0.922. The highest BCUT2D eigenvalue weighted by molar-refractivity contribution is 5.63. The summed E-state index contributed by atoms with van der Waals surface area (Å²) in [5, 5.41) is 12.0. The lowest BCUT2D eigenvalue weighted by molar-refractivity contribution is 0.509. The summed E-state index contributed by atoms with van der Waals surface area (Å²) in [6, 6.07) is 9.06. The molecule has 1 fully saturated rings. The molecule has 20 heavy (non-hydrogen) atoms. The summed E-state index contributed by atoms with van der Waals surface area (Å²) in [5.41, 5.74) is 1.66. The zero-order chi connectivity index (χ0) is 14.1. The fourth-order valence-electron chi connectivity index (χ4n) is 1.98. The first kappa shape index (κ1) is 12.5. The van der Waals surface area contributed by atoms with E-state index in [0.29, 0.717) is 23.0 Å². The van der Waals surface area contributed by atoms with Crippen LogP contribution in [0.25, 0.3) is 0 Å². The van der Waals surface area contributed by atoms with Gasteiger partial charge >= 0.3 is 0 Å². The van der Waals surface area contributed by atoms with Gasteiger partial charge in [0.2, 0.25) is 0 Å². The van der Waals surface area contributed by atoms with Crippen molar-refractivity contribution in [1.82, 2.24) is 4.98 Å². The Kier molecular flexibility index (Phi) is 3.07. The molecule has 0 spiro atoms. The smallest absolute Gasteiger partial charge is 0.160 e. The van der Waals surface area contributed by atoms with Crippen LogP contribution in [0.15, 0.2) is 30.3 Å². The Morgan fingerprint density at radius 2 is 1.95 bits per heavy atom. The molecule has 0 radical (unpaired) electrons. The number of nitrogens with one attached hydrogen (secondary N) is 1. The van der Waals surface area contributed by atoms with E-state index < -0.39 is 11.6 Å². The van der Waals surface area contributed by atoms with Crippen LogP contribution in [-0.2, 0) is 0 Å². The molecule has 1 aliphatic carbocycles. The van der Waals surface area contributed by atoms with Crippen molar-refractivity contribution in [3.8, 4) is 6.07 Å². The van der Waals surface area contributed by atoms with Gasteiger partial charge in [-0.2, -0.15) is 5.26 Å². The molecule has 0 aliphatic heterocycles. The third-order valence-corrected chi connectivity index (χ3v) is 3.22. The monoisotopic (exact) mass is 271 g/mol. The topological polar surface area (TPSA) is 48.7 Å². The van der Waals surface area contributed by atoms with Gasteiger partial charge in [-0.15, -0.1) is 0 Å². The minimum atomic E-state index is -0.938. The van der Waals surface area contributed by atoms with E-state index in [1.54, 1.807) is 6.07 Å². The van der Waals surface area contributed by atoms with E-state index in [1.165, 1.54) is 6.07 Å². The highest BCUT2D eigenvalue weighted by atomic mass is 19.2. The summed E-state index contributed by atoms with van der Waals surface area (Å²) in [5.74, 6) is -1.02. The van der Waals surface area contributed by atoms with Crippen molar-refractivity contribution < 1.29 is 8.78 Å². The number of aromatic nitrogens is 1. The van der Waals surface area contributed by atoms with Gasteiger partial charge in [-0.25, -0.2) is 13.8 Å². The van der Waals surface area contributed by atoms with Crippen LogP contribution in [0.3, 0.4) is 0 Å². The number of halogens is 2. The normalized spacial score (nSPS) is 13.8. The standard InChI is InChI=1S/C15H11F2N3/c16-12-5-4-11(7-13(12)17)19-15-10(8-18)3-6-14(20-15)9-1-2-9/h3-7,9H,1-2H2,(H,19,20). The second kappa shape index (κ2) is 4.89. The van der Waals surface area contributed by atoms with E-state index in [4.69, 9.17) is 5.26 Å². The van der Waals surface area contributed by atoms with Crippen LogP contribution in [0.4, 0.5) is 20.3 Å². The summed E-state index contributed by atoms with van der Waals surface area (Å²) >= 11 is 0. The van der Waals surface area contributed by atoms with Gasteiger partial charge in [0.15, 0.2) is 11.6 Å². The summed E-state index contributed by atoms with van der Waals surface area (Å²) in [7, 11) is 0. The molecule has 3 nitrogen and oxygen atoms in total. The van der Waals surface area contributed by atoms with Crippen molar-refractivity contribution in [1.29, 1.82) is 5.26 Å². The molecule has 3 rings (SSSR count). The number of nitriles is 1. The number of hydrogen-bond donors (Lipinski definition) is 1. The Morgan fingerprint density at radius 1 is 1.15 bits per heavy atom. The maximum absolute atomic E-state index is 13.2. The fraction of sp³-hybridized carbons (Fsp3) is 0.200. The number of nitrogens with zero attached hydrogens (tertiary/aromatic N) is 2. The Morgan fingerprint density at radius 3 is 2.60 bits per heavy atom. The number of rotatable bonds is 3. The summed E-state index contributed by atoms with van der Waals surface area (Å²) in [6.07, 6.45) is 2.20. The van der Waals surface area contributed by atoms with Crippen molar-refractivity contribution in [2.45, 2.75) is 18.8 Å². The van der Waals surface area contributed by atoms with Gasteiger partial charge < -0.3 is 5.32 Å². The minimum absolute atomic E-state index is 0.362. The van der Waals surface area contributed by atoms with Gasteiger partial charge in [0.25, 0.3) is 0 Å². The summed E-state index contributed by atoms with van der Waals surface area (Å²) in [6.45, 7) is 0. The van der Waals surface area contributed by atoms with Crippen LogP contribution < -0.4 is 5.32 Å². The Hall–Kier alpha value is -2.48. The molecule has 0 amide bonds. The highest BCUT2D eigenvalue weighted by Gasteiger charge is 2.25. The number of benzene rings is 1. The number of pyridine rings is 1. The number of hydrogen-bond acceptors (Lipinski definition) is 3. The molecule has 1 aromatic heterocycles. The average Bonchev–Trinajstić information content (AvgIpc) is 3.27. The third-order valence-electron chi connectivity index (χ3n) is 3.22. The Balaban J connectivity index is 1.94. The molecule has 1 N–H and O–H groups in total. The van der Waals surface area contributed by atoms with E-state index in [1.807, 2.05) is 12.1 Å². The number of anilines is 2. The molecule has 1 heterocycles. The molecule has 100 valence electrons. The third kappa shape index (κ3) is 2.45. The summed E-state index contributed by atoms with van der Waals surface area (Å²) in [4.78, 5) is 4.40. The van der Waals surface area contributed by atoms with E-state index in [0.717, 1.165) is 30.7 Å². The average molecular weight is 271 g/mol. The zero-order valence-corrected chi connectivity index (χ0v) is 10.5. The predicted octanol–water partition coefficient (Wildman–Crippen LogP) is 3.85. The maximum atomic E-state index is 13.2. The second-order valence-electron chi connectivity index (χ2n) is 4.77. The van der Waals surface area contributed by atoms with Crippen molar-refractivity contribution >= 4 is 11.5 Å². The molecule has 1 aliphatic rings. The van der Waals surface area contributed by atoms with Crippen LogP contribution >= 0.6 is 0 Å². The van der Waals surface area contributed by atoms with Gasteiger partial charge in [0.05, 0.1) is 5.56 Å². The van der Waals surface area contributed by atoms with E-state index in [2.05, 4.69) is 10.3 Å². The van der Waals surface area contributed by atoms with E-state index in [9.17, 15) is 8.78 Å². The molecular weight excluding hydrogens is 260 g/mol. The molecule has 2 aromatic rings. The molecule has 5 heteroatoms. The molecule has 0 atom stereocenters. The van der Waals surface area contributed by atoms with Gasteiger partial charge in [0.1, 0.15) is 11.9 Å². The first-order valence-corrected chi connectivity index (χ1v) is 6.30. The maximum Gasteiger partial charge on any atom is 0.160 e. The van der Waals surface area contributed by atoms with Crippen LogP contribution in [-0.4, -0.2) is 4.98 Å². The van der Waals surface area contributed by atoms with Crippen molar-refractivity contribution in [3.63, 3.8) is 0 Å².